The molecule has 17 heavy (non-hydrogen) atoms. The molecule has 0 aliphatic carbocycles. The molecule has 0 unspecified atom stereocenters. The summed E-state index contributed by atoms with van der Waals surface area (Å²) in [4.78, 5) is 20.9. The van der Waals surface area contributed by atoms with E-state index in [9.17, 15) is 9.70 Å². The molecule has 5 heteroatoms. The maximum Gasteiger partial charge on any atom is 0.316 e. The highest BCUT2D eigenvalue weighted by Gasteiger charge is 2.31. The van der Waals surface area contributed by atoms with Crippen LogP contribution >= 0.6 is 0 Å². The molecular formula is C12H25N3O2. The number of carbonyl (C=O) groups excluding carboxylic acids is 1. The van der Waals surface area contributed by atoms with E-state index in [0.29, 0.717) is 6.54 Å². The zero-order valence-electron chi connectivity index (χ0n) is 11.6. The molecule has 0 heterocycles. The molecule has 0 atom stereocenters. The number of rotatable bonds is 6. The molecular weight excluding hydrogens is 218 g/mol. The maximum absolute atomic E-state index is 11.1. The summed E-state index contributed by atoms with van der Waals surface area (Å²) in [5.41, 5.74) is 0.478. The molecule has 100 valence electrons. The van der Waals surface area contributed by atoms with Gasteiger partial charge in [0.2, 0.25) is 0 Å². The van der Waals surface area contributed by atoms with Crippen LogP contribution in [0.1, 0.15) is 47.5 Å². The molecule has 0 aromatic rings. The molecule has 0 saturated carbocycles. The Morgan fingerprint density at radius 2 is 1.71 bits per heavy atom. The van der Waals surface area contributed by atoms with E-state index >= 15 is 0 Å². The minimum absolute atomic E-state index is 0.181. The summed E-state index contributed by atoms with van der Waals surface area (Å²) in [5.74, 6) is 0. The van der Waals surface area contributed by atoms with E-state index in [2.05, 4.69) is 50.4 Å². The van der Waals surface area contributed by atoms with Crippen molar-refractivity contribution < 1.29 is 4.79 Å². The fraction of sp³-hybridized carbons (Fsp3) is 0.917. The van der Waals surface area contributed by atoms with Crippen LogP contribution in [0.15, 0.2) is 5.18 Å². The average molecular weight is 243 g/mol. The lowest BCUT2D eigenvalue weighted by Gasteiger charge is -2.39. The van der Waals surface area contributed by atoms with Gasteiger partial charge in [-0.05, 0) is 28.8 Å². The third-order valence-electron chi connectivity index (χ3n) is 3.60. The molecule has 0 bridgehead atoms. The standard InChI is InChI=1S/C12H25N3O2/c1-11(2,3)12(4,5)7-6-8-13-10(16)14-9-15-17/h6-9H2,1-5H3,(H2,13,14,16). The minimum atomic E-state index is -0.335. The number of hydrogen-bond acceptors (Lipinski definition) is 3. The van der Waals surface area contributed by atoms with Crippen molar-refractivity contribution in [2.24, 2.45) is 16.0 Å². The van der Waals surface area contributed by atoms with Crippen molar-refractivity contribution in [1.29, 1.82) is 0 Å². The first-order chi connectivity index (χ1) is 7.70. The lowest BCUT2D eigenvalue weighted by Crippen LogP contribution is -2.37. The van der Waals surface area contributed by atoms with Gasteiger partial charge in [-0.3, -0.25) is 0 Å². The highest BCUT2D eigenvalue weighted by molar-refractivity contribution is 5.73. The van der Waals surface area contributed by atoms with E-state index in [1.54, 1.807) is 0 Å². The van der Waals surface area contributed by atoms with Crippen molar-refractivity contribution in [3.05, 3.63) is 4.91 Å². The number of nitroso groups, excluding NO2 is 1. The van der Waals surface area contributed by atoms with E-state index in [0.717, 1.165) is 12.8 Å². The second-order valence-electron chi connectivity index (χ2n) is 5.96. The van der Waals surface area contributed by atoms with Crippen molar-refractivity contribution in [3.8, 4) is 0 Å². The summed E-state index contributed by atoms with van der Waals surface area (Å²) >= 11 is 0. The smallest absolute Gasteiger partial charge is 0.316 e. The molecule has 0 aliphatic rings. The van der Waals surface area contributed by atoms with E-state index < -0.39 is 0 Å². The minimum Gasteiger partial charge on any atom is -0.338 e. The van der Waals surface area contributed by atoms with Crippen LogP contribution < -0.4 is 10.6 Å². The molecule has 0 aromatic carbocycles. The van der Waals surface area contributed by atoms with Gasteiger partial charge in [-0.25, -0.2) is 4.79 Å². The van der Waals surface area contributed by atoms with E-state index in [4.69, 9.17) is 0 Å². The molecule has 0 aromatic heterocycles. The van der Waals surface area contributed by atoms with Gasteiger partial charge in [-0.1, -0.05) is 34.6 Å². The number of urea groups is 1. The van der Waals surface area contributed by atoms with E-state index in [1.165, 1.54) is 0 Å². The largest absolute Gasteiger partial charge is 0.338 e. The van der Waals surface area contributed by atoms with Crippen LogP contribution in [0.5, 0.6) is 0 Å². The highest BCUT2D eigenvalue weighted by atomic mass is 16.3. The summed E-state index contributed by atoms with van der Waals surface area (Å²) in [5, 5.41) is 7.58. The van der Waals surface area contributed by atoms with Crippen LogP contribution in [0.4, 0.5) is 4.79 Å². The zero-order chi connectivity index (χ0) is 13.5. The fourth-order valence-electron chi connectivity index (χ4n) is 1.27. The summed E-state index contributed by atoms with van der Waals surface area (Å²) in [6.45, 7) is 11.6. The first-order valence-electron chi connectivity index (χ1n) is 6.01. The Morgan fingerprint density at radius 1 is 1.12 bits per heavy atom. The Hall–Kier alpha value is -1.13. The average Bonchev–Trinajstić information content (AvgIpc) is 2.20. The van der Waals surface area contributed by atoms with Gasteiger partial charge in [-0.2, -0.15) is 0 Å². The monoisotopic (exact) mass is 243 g/mol. The Bertz CT molecular complexity index is 257. The number of nitrogens with one attached hydrogen (secondary N) is 2. The van der Waals surface area contributed by atoms with Crippen LogP contribution in [0.2, 0.25) is 0 Å². The molecule has 0 spiro atoms. The summed E-state index contributed by atoms with van der Waals surface area (Å²) < 4.78 is 0. The maximum atomic E-state index is 11.1. The van der Waals surface area contributed by atoms with E-state index in [-0.39, 0.29) is 23.5 Å². The second kappa shape index (κ2) is 6.57. The lowest BCUT2D eigenvalue weighted by molar-refractivity contribution is 0.117. The van der Waals surface area contributed by atoms with Gasteiger partial charge in [0.1, 0.15) is 0 Å². The third kappa shape index (κ3) is 6.24. The zero-order valence-corrected chi connectivity index (χ0v) is 11.6. The number of amides is 2. The molecule has 0 saturated heterocycles. The number of hydrogen-bond donors (Lipinski definition) is 2. The van der Waals surface area contributed by atoms with Crippen LogP contribution in [-0.4, -0.2) is 19.2 Å². The van der Waals surface area contributed by atoms with Gasteiger partial charge >= 0.3 is 6.03 Å². The normalized spacial score (nSPS) is 12.1. The first kappa shape index (κ1) is 15.9. The summed E-state index contributed by atoms with van der Waals surface area (Å²) in [6, 6.07) is -0.335. The topological polar surface area (TPSA) is 70.6 Å². The van der Waals surface area contributed by atoms with Crippen molar-refractivity contribution in [3.63, 3.8) is 0 Å². The Labute approximate surface area is 104 Å². The van der Waals surface area contributed by atoms with Crippen LogP contribution in [0.25, 0.3) is 0 Å². The van der Waals surface area contributed by atoms with Crippen LogP contribution in [-0.2, 0) is 0 Å². The van der Waals surface area contributed by atoms with Crippen LogP contribution in [0.3, 0.4) is 0 Å². The quantitative estimate of drug-likeness (QED) is 0.556. The molecule has 0 rings (SSSR count). The molecule has 0 aliphatic heterocycles. The summed E-state index contributed by atoms with van der Waals surface area (Å²) in [7, 11) is 0. The lowest BCUT2D eigenvalue weighted by atomic mass is 9.67. The number of carbonyl (C=O) groups is 1. The van der Waals surface area contributed by atoms with Crippen molar-refractivity contribution >= 4 is 6.03 Å². The SMILES string of the molecule is CC(C)(C)C(C)(C)CCCNC(=O)NCN=O. The third-order valence-corrected chi connectivity index (χ3v) is 3.60. The highest BCUT2D eigenvalue weighted by Crippen LogP contribution is 2.41. The van der Waals surface area contributed by atoms with Gasteiger partial charge in [0.05, 0.1) is 0 Å². The van der Waals surface area contributed by atoms with Gasteiger partial charge in [0, 0.05) is 6.54 Å². The van der Waals surface area contributed by atoms with Crippen LogP contribution in [0, 0.1) is 15.7 Å². The Kier molecular flexibility index (Phi) is 6.13. The summed E-state index contributed by atoms with van der Waals surface area (Å²) in [6.07, 6.45) is 1.97. The van der Waals surface area contributed by atoms with E-state index in [1.807, 2.05) is 0 Å². The van der Waals surface area contributed by atoms with Gasteiger partial charge < -0.3 is 10.6 Å². The molecule has 2 amide bonds. The van der Waals surface area contributed by atoms with Crippen molar-refractivity contribution in [1.82, 2.24) is 10.6 Å². The molecule has 0 fully saturated rings. The van der Waals surface area contributed by atoms with Crippen molar-refractivity contribution in [2.45, 2.75) is 47.5 Å². The molecule has 0 radical (unpaired) electrons. The number of nitrogens with zero attached hydrogens (tertiary/aromatic N) is 1. The van der Waals surface area contributed by atoms with Gasteiger partial charge in [0.25, 0.3) is 0 Å². The molecule has 5 nitrogen and oxygen atoms in total. The van der Waals surface area contributed by atoms with Crippen molar-refractivity contribution in [2.75, 3.05) is 13.2 Å². The molecule has 2 N–H and O–H groups in total. The van der Waals surface area contributed by atoms with Gasteiger partial charge in [0.15, 0.2) is 6.67 Å². The predicted octanol–water partition coefficient (Wildman–Crippen LogP) is 2.86. The fourth-order valence-corrected chi connectivity index (χ4v) is 1.27. The predicted molar refractivity (Wildman–Crippen MR) is 69.7 cm³/mol. The second-order valence-corrected chi connectivity index (χ2v) is 5.96. The Balaban J connectivity index is 3.78. The first-order valence-corrected chi connectivity index (χ1v) is 6.01. The van der Waals surface area contributed by atoms with Gasteiger partial charge in [-0.15, -0.1) is 4.91 Å². The Morgan fingerprint density at radius 3 is 2.18 bits per heavy atom.